The quantitative estimate of drug-likeness (QED) is 0.570. The zero-order valence-corrected chi connectivity index (χ0v) is 13.8. The normalized spacial score (nSPS) is 16.1. The highest BCUT2D eigenvalue weighted by Gasteiger charge is 2.15. The molecule has 1 atom stereocenters. The van der Waals surface area contributed by atoms with Crippen LogP contribution in [0.4, 0.5) is 0 Å². The van der Waals surface area contributed by atoms with Gasteiger partial charge in [0.05, 0.1) is 0 Å². The highest BCUT2D eigenvalue weighted by Crippen LogP contribution is 2.08. The Balaban J connectivity index is 0. The molecule has 0 spiro atoms. The van der Waals surface area contributed by atoms with E-state index in [1.54, 1.807) is 18.2 Å². The van der Waals surface area contributed by atoms with Gasteiger partial charge in [0.1, 0.15) is 18.5 Å². The first-order chi connectivity index (χ1) is 9.76. The van der Waals surface area contributed by atoms with Crippen LogP contribution in [-0.2, 0) is 4.74 Å². The molecule has 0 bridgehead atoms. The number of ether oxygens (including phenoxy) is 1. The van der Waals surface area contributed by atoms with E-state index in [2.05, 4.69) is 18.1 Å². The van der Waals surface area contributed by atoms with Crippen LogP contribution in [0.5, 0.6) is 0 Å². The largest absolute Gasteiger partial charge is 0.491 e. The summed E-state index contributed by atoms with van der Waals surface area (Å²) in [6, 6.07) is 0. The lowest BCUT2D eigenvalue weighted by Crippen LogP contribution is -2.32. The molecule has 1 aliphatic rings. The Labute approximate surface area is 125 Å². The molecule has 3 nitrogen and oxygen atoms in total. The van der Waals surface area contributed by atoms with Crippen LogP contribution in [0.3, 0.4) is 0 Å². The summed E-state index contributed by atoms with van der Waals surface area (Å²) < 4.78 is 5.40. The minimum atomic E-state index is -0.439. The van der Waals surface area contributed by atoms with Crippen LogP contribution in [0.25, 0.3) is 0 Å². The number of allylic oxidation sites excluding steroid dienone is 3. The van der Waals surface area contributed by atoms with Crippen molar-refractivity contribution in [2.24, 2.45) is 0 Å². The predicted molar refractivity (Wildman–Crippen MR) is 88.8 cm³/mol. The molecule has 1 rings (SSSR count). The van der Waals surface area contributed by atoms with Gasteiger partial charge in [-0.1, -0.05) is 46.9 Å². The standard InChI is InChI=1S/C13H21NO2.2C2H6/c1-3-7-13(4-2)16-11-12(15)10-14-8-5-6-9-14;2*1-2/h3-4,7,12,15H,1-2,5-6,8-11H2;2*1-2H3/b13-7+;;. The first-order valence-electron chi connectivity index (χ1n) is 7.74. The maximum Gasteiger partial charge on any atom is 0.118 e. The fourth-order valence-electron chi connectivity index (χ4n) is 1.80. The molecule has 0 aliphatic carbocycles. The molecule has 1 saturated heterocycles. The molecule has 20 heavy (non-hydrogen) atoms. The first-order valence-corrected chi connectivity index (χ1v) is 7.74. The van der Waals surface area contributed by atoms with Gasteiger partial charge in [0.25, 0.3) is 0 Å². The van der Waals surface area contributed by atoms with Gasteiger partial charge in [-0.3, -0.25) is 0 Å². The fourth-order valence-corrected chi connectivity index (χ4v) is 1.80. The van der Waals surface area contributed by atoms with E-state index in [1.165, 1.54) is 12.8 Å². The molecule has 0 radical (unpaired) electrons. The van der Waals surface area contributed by atoms with Crippen LogP contribution in [0.15, 0.2) is 37.1 Å². The smallest absolute Gasteiger partial charge is 0.118 e. The first kappa shape index (κ1) is 21.2. The molecule has 1 heterocycles. The number of nitrogens with zero attached hydrogens (tertiary/aromatic N) is 1. The number of aliphatic hydroxyl groups excluding tert-OH is 1. The van der Waals surface area contributed by atoms with Crippen molar-refractivity contribution in [3.8, 4) is 0 Å². The number of hydrogen-bond acceptors (Lipinski definition) is 3. The van der Waals surface area contributed by atoms with Crippen molar-refractivity contribution in [3.05, 3.63) is 37.1 Å². The van der Waals surface area contributed by atoms with Gasteiger partial charge >= 0.3 is 0 Å². The SMILES string of the molecule is C=C/C=C(\C=C)OCC(O)CN1CCCC1.CC.CC. The number of hydrogen-bond donors (Lipinski definition) is 1. The maximum atomic E-state index is 9.77. The van der Waals surface area contributed by atoms with Gasteiger partial charge in [-0.25, -0.2) is 0 Å². The lowest BCUT2D eigenvalue weighted by Gasteiger charge is -2.19. The summed E-state index contributed by atoms with van der Waals surface area (Å²) in [5, 5.41) is 9.77. The molecule has 0 aromatic carbocycles. The molecular weight excluding hydrogens is 250 g/mol. The monoisotopic (exact) mass is 283 g/mol. The highest BCUT2D eigenvalue weighted by atomic mass is 16.5. The van der Waals surface area contributed by atoms with Crippen molar-refractivity contribution in [1.29, 1.82) is 0 Å². The third kappa shape index (κ3) is 10.8. The van der Waals surface area contributed by atoms with Gasteiger partial charge in [0.2, 0.25) is 0 Å². The van der Waals surface area contributed by atoms with Crippen molar-refractivity contribution < 1.29 is 9.84 Å². The Hall–Kier alpha value is -1.06. The zero-order valence-electron chi connectivity index (χ0n) is 13.8. The van der Waals surface area contributed by atoms with E-state index < -0.39 is 6.10 Å². The molecule has 0 saturated carbocycles. The van der Waals surface area contributed by atoms with Crippen LogP contribution < -0.4 is 0 Å². The van der Waals surface area contributed by atoms with Crippen molar-refractivity contribution in [3.63, 3.8) is 0 Å². The average Bonchev–Trinajstić information content (AvgIpc) is 3.00. The summed E-state index contributed by atoms with van der Waals surface area (Å²) in [5.74, 6) is 0.649. The van der Waals surface area contributed by atoms with Crippen molar-refractivity contribution in [2.45, 2.75) is 46.6 Å². The second-order valence-electron chi connectivity index (χ2n) is 3.98. The summed E-state index contributed by atoms with van der Waals surface area (Å²) in [6.07, 6.45) is 7.03. The zero-order chi connectivity index (χ0) is 15.8. The summed E-state index contributed by atoms with van der Waals surface area (Å²) in [5.41, 5.74) is 0. The summed E-state index contributed by atoms with van der Waals surface area (Å²) in [7, 11) is 0. The molecule has 0 amide bonds. The van der Waals surface area contributed by atoms with Gasteiger partial charge < -0.3 is 14.7 Å². The van der Waals surface area contributed by atoms with E-state index in [0.717, 1.165) is 13.1 Å². The molecule has 1 aliphatic heterocycles. The van der Waals surface area contributed by atoms with Crippen molar-refractivity contribution >= 4 is 0 Å². The van der Waals surface area contributed by atoms with Crippen molar-refractivity contribution in [1.82, 2.24) is 4.90 Å². The van der Waals surface area contributed by atoms with Crippen LogP contribution in [0.1, 0.15) is 40.5 Å². The van der Waals surface area contributed by atoms with E-state index in [1.807, 2.05) is 27.7 Å². The summed E-state index contributed by atoms with van der Waals surface area (Å²) >= 11 is 0. The molecule has 118 valence electrons. The van der Waals surface area contributed by atoms with E-state index in [-0.39, 0.29) is 0 Å². The minimum absolute atomic E-state index is 0.308. The predicted octanol–water partition coefficient (Wildman–Crippen LogP) is 3.77. The number of aliphatic hydroxyl groups is 1. The topological polar surface area (TPSA) is 32.7 Å². The second kappa shape index (κ2) is 16.0. The molecule has 1 unspecified atom stereocenters. The lowest BCUT2D eigenvalue weighted by atomic mass is 10.3. The fraction of sp³-hybridized carbons (Fsp3) is 0.647. The van der Waals surface area contributed by atoms with Gasteiger partial charge in [-0.15, -0.1) is 0 Å². The Morgan fingerprint density at radius 2 is 1.75 bits per heavy atom. The third-order valence-electron chi connectivity index (χ3n) is 2.59. The minimum Gasteiger partial charge on any atom is -0.491 e. The average molecular weight is 283 g/mol. The molecule has 3 heteroatoms. The van der Waals surface area contributed by atoms with E-state index >= 15 is 0 Å². The van der Waals surface area contributed by atoms with Crippen LogP contribution in [0, 0.1) is 0 Å². The Bertz CT molecular complexity index is 256. The summed E-state index contributed by atoms with van der Waals surface area (Å²) in [6.45, 7) is 18.4. The Morgan fingerprint density at radius 1 is 1.20 bits per heavy atom. The Morgan fingerprint density at radius 3 is 2.20 bits per heavy atom. The van der Waals surface area contributed by atoms with Gasteiger partial charge in [-0.05, 0) is 38.1 Å². The highest BCUT2D eigenvalue weighted by molar-refractivity contribution is 5.14. The maximum absolute atomic E-state index is 9.77. The molecule has 0 aromatic heterocycles. The molecule has 1 fully saturated rings. The Kier molecular flexibility index (Phi) is 17.0. The number of likely N-dealkylation sites (tertiary alicyclic amines) is 1. The van der Waals surface area contributed by atoms with Gasteiger partial charge in [0.15, 0.2) is 0 Å². The van der Waals surface area contributed by atoms with Gasteiger partial charge in [0, 0.05) is 6.54 Å². The molecule has 0 aromatic rings. The third-order valence-corrected chi connectivity index (χ3v) is 2.59. The van der Waals surface area contributed by atoms with Gasteiger partial charge in [-0.2, -0.15) is 0 Å². The van der Waals surface area contributed by atoms with E-state index in [4.69, 9.17) is 4.74 Å². The van der Waals surface area contributed by atoms with Crippen LogP contribution in [0.2, 0.25) is 0 Å². The summed E-state index contributed by atoms with van der Waals surface area (Å²) in [4.78, 5) is 2.26. The van der Waals surface area contributed by atoms with E-state index in [0.29, 0.717) is 18.9 Å². The van der Waals surface area contributed by atoms with Crippen molar-refractivity contribution in [2.75, 3.05) is 26.2 Å². The number of β-amino-alcohol motifs (C(OH)–C–C–N with tert-alkyl or cyclic N) is 1. The molecular formula is C17H33NO2. The van der Waals surface area contributed by atoms with Crippen LogP contribution >= 0.6 is 0 Å². The lowest BCUT2D eigenvalue weighted by molar-refractivity contribution is 0.0516. The van der Waals surface area contributed by atoms with Crippen LogP contribution in [-0.4, -0.2) is 42.4 Å². The second-order valence-corrected chi connectivity index (χ2v) is 3.98. The number of rotatable bonds is 7. The van der Waals surface area contributed by atoms with E-state index in [9.17, 15) is 5.11 Å². The molecule has 1 N–H and O–H groups in total.